The molecular formula is C15H19N7O. The number of nitrogens with two attached hydrogens (primary N) is 1. The number of likely N-dealkylation sites (tertiary alicyclic amines) is 1. The maximum absolute atomic E-state index is 11.8. The van der Waals surface area contributed by atoms with Crippen LogP contribution in [0.5, 0.6) is 0 Å². The Morgan fingerprint density at radius 1 is 1.35 bits per heavy atom. The highest BCUT2D eigenvalue weighted by atomic mass is 16.2. The van der Waals surface area contributed by atoms with E-state index in [9.17, 15) is 4.79 Å². The summed E-state index contributed by atoms with van der Waals surface area (Å²) in [4.78, 5) is 30.6. The monoisotopic (exact) mass is 313 g/mol. The SMILES string of the molecule is NCC(=O)N1CCC[C@@H](c2cncc(Nc3ncccn3)n2)C1. The predicted octanol–water partition coefficient (Wildman–Crippen LogP) is 0.675. The molecule has 8 nitrogen and oxygen atoms in total. The van der Waals surface area contributed by atoms with Crippen molar-refractivity contribution in [3.63, 3.8) is 0 Å². The number of carbonyl (C=O) groups is 1. The molecule has 0 saturated carbocycles. The lowest BCUT2D eigenvalue weighted by Crippen LogP contribution is -2.42. The summed E-state index contributed by atoms with van der Waals surface area (Å²) in [6.07, 6.45) is 8.61. The van der Waals surface area contributed by atoms with Gasteiger partial charge in [0.1, 0.15) is 0 Å². The van der Waals surface area contributed by atoms with E-state index >= 15 is 0 Å². The minimum atomic E-state index is -0.0189. The van der Waals surface area contributed by atoms with Gasteiger partial charge in [0.15, 0.2) is 5.82 Å². The molecule has 2 aromatic rings. The van der Waals surface area contributed by atoms with E-state index in [1.54, 1.807) is 35.8 Å². The maximum Gasteiger partial charge on any atom is 0.236 e. The van der Waals surface area contributed by atoms with E-state index in [1.165, 1.54) is 0 Å². The lowest BCUT2D eigenvalue weighted by Gasteiger charge is -2.32. The van der Waals surface area contributed by atoms with Crippen LogP contribution in [0, 0.1) is 0 Å². The van der Waals surface area contributed by atoms with Crippen LogP contribution in [0.4, 0.5) is 11.8 Å². The van der Waals surface area contributed by atoms with Gasteiger partial charge in [-0.1, -0.05) is 0 Å². The van der Waals surface area contributed by atoms with E-state index < -0.39 is 0 Å². The summed E-state index contributed by atoms with van der Waals surface area (Å²) < 4.78 is 0. The number of hydrogen-bond donors (Lipinski definition) is 2. The van der Waals surface area contributed by atoms with Gasteiger partial charge in [0.25, 0.3) is 0 Å². The minimum absolute atomic E-state index is 0.0189. The highest BCUT2D eigenvalue weighted by Crippen LogP contribution is 2.26. The van der Waals surface area contributed by atoms with E-state index in [0.717, 1.165) is 25.1 Å². The van der Waals surface area contributed by atoms with E-state index in [1.807, 2.05) is 0 Å². The molecule has 1 amide bonds. The Bertz CT molecular complexity index is 664. The smallest absolute Gasteiger partial charge is 0.236 e. The first-order chi connectivity index (χ1) is 11.3. The van der Waals surface area contributed by atoms with Crippen LogP contribution >= 0.6 is 0 Å². The Morgan fingerprint density at radius 2 is 2.17 bits per heavy atom. The highest BCUT2D eigenvalue weighted by Gasteiger charge is 2.25. The number of amides is 1. The number of piperidine rings is 1. The predicted molar refractivity (Wildman–Crippen MR) is 85.0 cm³/mol. The molecule has 0 unspecified atom stereocenters. The quantitative estimate of drug-likeness (QED) is 0.853. The van der Waals surface area contributed by atoms with Crippen LogP contribution in [-0.4, -0.2) is 50.4 Å². The molecule has 1 aliphatic rings. The van der Waals surface area contributed by atoms with Crippen molar-refractivity contribution >= 4 is 17.7 Å². The molecule has 0 bridgehead atoms. The van der Waals surface area contributed by atoms with Gasteiger partial charge in [-0.15, -0.1) is 0 Å². The van der Waals surface area contributed by atoms with Crippen molar-refractivity contribution < 1.29 is 4.79 Å². The van der Waals surface area contributed by atoms with E-state index in [0.29, 0.717) is 18.3 Å². The van der Waals surface area contributed by atoms with Gasteiger partial charge >= 0.3 is 0 Å². The minimum Gasteiger partial charge on any atom is -0.341 e. The fourth-order valence-corrected chi connectivity index (χ4v) is 2.69. The zero-order chi connectivity index (χ0) is 16.1. The molecule has 1 saturated heterocycles. The normalized spacial score (nSPS) is 17.8. The molecule has 8 heteroatoms. The van der Waals surface area contributed by atoms with Crippen LogP contribution in [-0.2, 0) is 4.79 Å². The fraction of sp³-hybridized carbons (Fsp3) is 0.400. The van der Waals surface area contributed by atoms with Gasteiger partial charge in [0.2, 0.25) is 11.9 Å². The number of hydrogen-bond acceptors (Lipinski definition) is 7. The molecule has 1 fully saturated rings. The van der Waals surface area contributed by atoms with Crippen molar-refractivity contribution in [3.05, 3.63) is 36.5 Å². The number of nitrogens with zero attached hydrogens (tertiary/aromatic N) is 5. The Balaban J connectivity index is 1.73. The first kappa shape index (κ1) is 15.3. The van der Waals surface area contributed by atoms with E-state index in [4.69, 9.17) is 5.73 Å². The number of carbonyl (C=O) groups excluding carboxylic acids is 1. The number of nitrogens with one attached hydrogen (secondary N) is 1. The molecule has 1 aliphatic heterocycles. The Hall–Kier alpha value is -2.61. The second-order valence-electron chi connectivity index (χ2n) is 5.41. The van der Waals surface area contributed by atoms with Gasteiger partial charge in [-0.3, -0.25) is 9.78 Å². The third-order valence-electron chi connectivity index (χ3n) is 3.83. The van der Waals surface area contributed by atoms with E-state index in [2.05, 4.69) is 25.3 Å². The summed E-state index contributed by atoms with van der Waals surface area (Å²) >= 11 is 0. The van der Waals surface area contributed by atoms with Gasteiger partial charge in [-0.25, -0.2) is 15.0 Å². The van der Waals surface area contributed by atoms with Crippen LogP contribution in [0.25, 0.3) is 0 Å². The summed E-state index contributed by atoms with van der Waals surface area (Å²) in [5.41, 5.74) is 6.32. The van der Waals surface area contributed by atoms with Crippen LogP contribution in [0.15, 0.2) is 30.9 Å². The van der Waals surface area contributed by atoms with Gasteiger partial charge in [-0.2, -0.15) is 0 Å². The average Bonchev–Trinajstić information content (AvgIpc) is 2.62. The van der Waals surface area contributed by atoms with Crippen molar-refractivity contribution in [2.45, 2.75) is 18.8 Å². The van der Waals surface area contributed by atoms with Gasteiger partial charge in [0.05, 0.1) is 18.4 Å². The summed E-state index contributed by atoms with van der Waals surface area (Å²) in [5.74, 6) is 1.22. The molecule has 3 heterocycles. The molecular weight excluding hydrogens is 294 g/mol. The standard InChI is InChI=1S/C15H19N7O/c16-7-14(23)22-6-1-3-11(10-22)12-8-17-9-13(20-12)21-15-18-4-2-5-19-15/h2,4-5,8-9,11H,1,3,6-7,10,16H2,(H,18,19,20,21)/t11-/m1/s1. The summed E-state index contributed by atoms with van der Waals surface area (Å²) in [5, 5.41) is 3.03. The Labute approximate surface area is 134 Å². The Kier molecular flexibility index (Phi) is 4.72. The fourth-order valence-electron chi connectivity index (χ4n) is 2.69. The van der Waals surface area contributed by atoms with Crippen LogP contribution < -0.4 is 11.1 Å². The van der Waals surface area contributed by atoms with Crippen molar-refractivity contribution in [2.24, 2.45) is 5.73 Å². The molecule has 3 N–H and O–H groups in total. The second-order valence-corrected chi connectivity index (χ2v) is 5.41. The Morgan fingerprint density at radius 3 is 2.96 bits per heavy atom. The molecule has 1 atom stereocenters. The van der Waals surface area contributed by atoms with Gasteiger partial charge in [-0.05, 0) is 18.9 Å². The molecule has 2 aromatic heterocycles. The van der Waals surface area contributed by atoms with Crippen LogP contribution in [0.2, 0.25) is 0 Å². The zero-order valence-electron chi connectivity index (χ0n) is 12.7. The summed E-state index contributed by atoms with van der Waals surface area (Å²) in [6, 6.07) is 1.75. The van der Waals surface area contributed by atoms with Crippen molar-refractivity contribution in [3.8, 4) is 0 Å². The molecule has 23 heavy (non-hydrogen) atoms. The largest absolute Gasteiger partial charge is 0.341 e. The van der Waals surface area contributed by atoms with E-state index in [-0.39, 0.29) is 18.4 Å². The molecule has 0 aliphatic carbocycles. The lowest BCUT2D eigenvalue weighted by atomic mass is 9.95. The van der Waals surface area contributed by atoms with Gasteiger partial charge in [0, 0.05) is 37.6 Å². The number of aromatic nitrogens is 4. The summed E-state index contributed by atoms with van der Waals surface area (Å²) in [6.45, 7) is 1.44. The third kappa shape index (κ3) is 3.78. The molecule has 0 aromatic carbocycles. The van der Waals surface area contributed by atoms with Crippen LogP contribution in [0.1, 0.15) is 24.5 Å². The van der Waals surface area contributed by atoms with Gasteiger partial charge < -0.3 is 16.0 Å². The lowest BCUT2D eigenvalue weighted by molar-refractivity contribution is -0.130. The zero-order valence-corrected chi connectivity index (χ0v) is 12.7. The first-order valence-electron chi connectivity index (χ1n) is 7.60. The molecule has 3 rings (SSSR count). The third-order valence-corrected chi connectivity index (χ3v) is 3.83. The van der Waals surface area contributed by atoms with Crippen molar-refractivity contribution in [1.82, 2.24) is 24.8 Å². The van der Waals surface area contributed by atoms with Crippen molar-refractivity contribution in [2.75, 3.05) is 25.0 Å². The topological polar surface area (TPSA) is 110 Å². The van der Waals surface area contributed by atoms with Crippen LogP contribution in [0.3, 0.4) is 0 Å². The first-order valence-corrected chi connectivity index (χ1v) is 7.60. The number of rotatable bonds is 4. The molecule has 0 radical (unpaired) electrons. The molecule has 0 spiro atoms. The molecule has 120 valence electrons. The number of anilines is 2. The second kappa shape index (κ2) is 7.10. The summed E-state index contributed by atoms with van der Waals surface area (Å²) in [7, 11) is 0. The maximum atomic E-state index is 11.8. The highest BCUT2D eigenvalue weighted by molar-refractivity contribution is 5.78. The average molecular weight is 313 g/mol. The van der Waals surface area contributed by atoms with Crippen molar-refractivity contribution in [1.29, 1.82) is 0 Å².